The fourth-order valence-corrected chi connectivity index (χ4v) is 4.44. The van der Waals surface area contributed by atoms with Gasteiger partial charge in [0, 0.05) is 17.2 Å². The summed E-state index contributed by atoms with van der Waals surface area (Å²) in [5, 5.41) is 0.867. The van der Waals surface area contributed by atoms with Crippen molar-refractivity contribution in [3.05, 3.63) is 41.6 Å². The number of aryl methyl sites for hydroxylation is 2. The van der Waals surface area contributed by atoms with Crippen molar-refractivity contribution in [2.45, 2.75) is 20.3 Å². The molecule has 160 valence electrons. The summed E-state index contributed by atoms with van der Waals surface area (Å²) >= 11 is 6.73. The number of halogens is 1. The highest BCUT2D eigenvalue weighted by Gasteiger charge is 2.15. The van der Waals surface area contributed by atoms with Crippen LogP contribution in [0.15, 0.2) is 30.5 Å². The van der Waals surface area contributed by atoms with E-state index in [1.165, 1.54) is 0 Å². The van der Waals surface area contributed by atoms with E-state index in [0.29, 0.717) is 11.6 Å². The standard InChI is InChI=1S/C22H20ClN3O4S/c1-4-13-8-15(20-16(9-13)25-18(28-3)11-24-20)21-26-19-12(2)7-14(10-17(19)31-21)29-5-6-30-22(23)27/h7-11H,4-6H2,1-3H3. The van der Waals surface area contributed by atoms with E-state index in [1.54, 1.807) is 24.6 Å². The van der Waals surface area contributed by atoms with E-state index in [1.807, 2.05) is 25.1 Å². The zero-order valence-corrected chi connectivity index (χ0v) is 18.8. The molecule has 31 heavy (non-hydrogen) atoms. The number of carbonyl (C=O) groups excluding carboxylic acids is 1. The zero-order valence-electron chi connectivity index (χ0n) is 17.3. The number of ether oxygens (including phenoxy) is 3. The Morgan fingerprint density at radius 1 is 1.13 bits per heavy atom. The number of nitrogens with zero attached hydrogens (tertiary/aromatic N) is 3. The second kappa shape index (κ2) is 9.03. The molecule has 4 aromatic rings. The van der Waals surface area contributed by atoms with Crippen LogP contribution in [0.4, 0.5) is 4.79 Å². The van der Waals surface area contributed by atoms with Crippen molar-refractivity contribution in [3.8, 4) is 22.2 Å². The lowest BCUT2D eigenvalue weighted by Gasteiger charge is -2.07. The Bertz CT molecular complexity index is 1270. The molecule has 0 bridgehead atoms. The molecule has 0 aliphatic carbocycles. The van der Waals surface area contributed by atoms with E-state index in [2.05, 4.69) is 23.0 Å². The van der Waals surface area contributed by atoms with Crippen molar-refractivity contribution in [3.63, 3.8) is 0 Å². The largest absolute Gasteiger partial charge is 0.490 e. The number of fused-ring (bicyclic) bond motifs is 2. The van der Waals surface area contributed by atoms with Crippen LogP contribution in [0, 0.1) is 6.92 Å². The van der Waals surface area contributed by atoms with Crippen LogP contribution in [0.25, 0.3) is 31.8 Å². The molecule has 2 aromatic heterocycles. The molecule has 2 heterocycles. The average molecular weight is 458 g/mol. The van der Waals surface area contributed by atoms with Crippen LogP contribution < -0.4 is 9.47 Å². The molecule has 0 spiro atoms. The van der Waals surface area contributed by atoms with E-state index in [9.17, 15) is 4.79 Å². The first kappa shape index (κ1) is 21.3. The highest BCUT2D eigenvalue weighted by Crippen LogP contribution is 2.37. The molecular weight excluding hydrogens is 438 g/mol. The van der Waals surface area contributed by atoms with Gasteiger partial charge in [-0.1, -0.05) is 6.92 Å². The van der Waals surface area contributed by atoms with Crippen molar-refractivity contribution >= 4 is 49.6 Å². The number of aromatic nitrogens is 3. The molecule has 0 atom stereocenters. The Labute approximate surface area is 188 Å². The molecule has 0 saturated heterocycles. The highest BCUT2D eigenvalue weighted by molar-refractivity contribution is 7.21. The summed E-state index contributed by atoms with van der Waals surface area (Å²) in [5.41, 5.74) is 4.73. The SMILES string of the molecule is CCc1cc(-c2nc3c(C)cc(OCCOC(=O)Cl)cc3s2)c2ncc(OC)nc2c1. The summed E-state index contributed by atoms with van der Waals surface area (Å²) < 4.78 is 16.6. The monoisotopic (exact) mass is 457 g/mol. The van der Waals surface area contributed by atoms with Gasteiger partial charge >= 0.3 is 5.43 Å². The lowest BCUT2D eigenvalue weighted by atomic mass is 10.1. The van der Waals surface area contributed by atoms with Gasteiger partial charge in [-0.05, 0) is 48.7 Å². The molecule has 0 aliphatic heterocycles. The Kier molecular flexibility index (Phi) is 6.20. The number of rotatable bonds is 7. The molecule has 0 saturated carbocycles. The minimum atomic E-state index is -0.843. The summed E-state index contributed by atoms with van der Waals surface area (Å²) in [4.78, 5) is 24.7. The second-order valence-corrected chi connectivity index (χ2v) is 8.16. The van der Waals surface area contributed by atoms with E-state index in [0.717, 1.165) is 49.4 Å². The Morgan fingerprint density at radius 2 is 1.97 bits per heavy atom. The topological polar surface area (TPSA) is 83.4 Å². The van der Waals surface area contributed by atoms with E-state index in [-0.39, 0.29) is 13.2 Å². The summed E-state index contributed by atoms with van der Waals surface area (Å²) in [7, 11) is 1.58. The normalized spacial score (nSPS) is 11.1. The quantitative estimate of drug-likeness (QED) is 0.266. The van der Waals surface area contributed by atoms with Crippen molar-refractivity contribution in [1.29, 1.82) is 0 Å². The maximum atomic E-state index is 10.7. The van der Waals surface area contributed by atoms with Gasteiger partial charge in [0.1, 0.15) is 24.0 Å². The third-order valence-corrected chi connectivity index (χ3v) is 5.90. The van der Waals surface area contributed by atoms with E-state index >= 15 is 0 Å². The molecule has 4 rings (SSSR count). The maximum absolute atomic E-state index is 10.7. The third kappa shape index (κ3) is 4.55. The van der Waals surface area contributed by atoms with Crippen molar-refractivity contribution in [2.24, 2.45) is 0 Å². The van der Waals surface area contributed by atoms with Gasteiger partial charge in [-0.25, -0.2) is 19.7 Å². The number of benzene rings is 2. The maximum Gasteiger partial charge on any atom is 0.403 e. The average Bonchev–Trinajstić information content (AvgIpc) is 3.20. The number of hydrogen-bond acceptors (Lipinski definition) is 8. The minimum absolute atomic E-state index is 0.0886. The molecule has 0 N–H and O–H groups in total. The van der Waals surface area contributed by atoms with Gasteiger partial charge in [0.05, 0.1) is 34.6 Å². The first-order valence-corrected chi connectivity index (χ1v) is 10.9. The van der Waals surface area contributed by atoms with Gasteiger partial charge < -0.3 is 14.2 Å². The molecule has 0 amide bonds. The summed E-state index contributed by atoms with van der Waals surface area (Å²) in [6.07, 6.45) is 2.49. The molecule has 0 fully saturated rings. The molecule has 0 unspecified atom stereocenters. The van der Waals surface area contributed by atoms with E-state index in [4.69, 9.17) is 30.8 Å². The smallest absolute Gasteiger partial charge is 0.403 e. The third-order valence-electron chi connectivity index (χ3n) is 4.76. The van der Waals surface area contributed by atoms with Gasteiger partial charge in [0.2, 0.25) is 5.88 Å². The molecule has 0 radical (unpaired) electrons. The Morgan fingerprint density at radius 3 is 2.71 bits per heavy atom. The second-order valence-electron chi connectivity index (χ2n) is 6.82. The summed E-state index contributed by atoms with van der Waals surface area (Å²) in [6.45, 7) is 4.40. The van der Waals surface area contributed by atoms with Crippen LogP contribution in [-0.2, 0) is 11.2 Å². The van der Waals surface area contributed by atoms with Crippen LogP contribution >= 0.6 is 22.9 Å². The fraction of sp³-hybridized carbons (Fsp3) is 0.273. The Balaban J connectivity index is 1.73. The molecule has 7 nitrogen and oxygen atoms in total. The van der Waals surface area contributed by atoms with Gasteiger partial charge in [-0.3, -0.25) is 0 Å². The van der Waals surface area contributed by atoms with Crippen molar-refractivity contribution in [2.75, 3.05) is 20.3 Å². The molecule has 2 aromatic carbocycles. The molecule has 0 aliphatic rings. The van der Waals surface area contributed by atoms with Crippen LogP contribution in [-0.4, -0.2) is 40.7 Å². The number of carbonyl (C=O) groups is 1. The first-order valence-electron chi connectivity index (χ1n) is 9.68. The van der Waals surface area contributed by atoms with Gasteiger partial charge in [-0.15, -0.1) is 11.3 Å². The Hall–Kier alpha value is -2.97. The van der Waals surface area contributed by atoms with Crippen molar-refractivity contribution in [1.82, 2.24) is 15.0 Å². The lowest BCUT2D eigenvalue weighted by Crippen LogP contribution is -2.07. The van der Waals surface area contributed by atoms with Crippen LogP contribution in [0.1, 0.15) is 18.1 Å². The van der Waals surface area contributed by atoms with Crippen molar-refractivity contribution < 1.29 is 19.0 Å². The van der Waals surface area contributed by atoms with Crippen LogP contribution in [0.5, 0.6) is 11.6 Å². The molecule has 9 heteroatoms. The zero-order chi connectivity index (χ0) is 22.0. The summed E-state index contributed by atoms with van der Waals surface area (Å²) in [5.74, 6) is 1.16. The van der Waals surface area contributed by atoms with E-state index < -0.39 is 5.43 Å². The molecular formula is C22H20ClN3O4S. The van der Waals surface area contributed by atoms with Crippen LogP contribution in [0.3, 0.4) is 0 Å². The highest BCUT2D eigenvalue weighted by atomic mass is 35.5. The predicted molar refractivity (Wildman–Crippen MR) is 122 cm³/mol. The lowest BCUT2D eigenvalue weighted by molar-refractivity contribution is 0.147. The number of thiazole rings is 1. The fourth-order valence-electron chi connectivity index (χ4n) is 3.28. The predicted octanol–water partition coefficient (Wildman–Crippen LogP) is 5.54. The first-order chi connectivity index (χ1) is 15.0. The van der Waals surface area contributed by atoms with Crippen LogP contribution in [0.2, 0.25) is 0 Å². The number of methoxy groups -OCH3 is 1. The minimum Gasteiger partial charge on any atom is -0.490 e. The van der Waals surface area contributed by atoms with Gasteiger partial charge in [0.25, 0.3) is 0 Å². The summed E-state index contributed by atoms with van der Waals surface area (Å²) in [6, 6.07) is 8.01. The van der Waals surface area contributed by atoms with Gasteiger partial charge in [0.15, 0.2) is 0 Å². The number of hydrogen-bond donors (Lipinski definition) is 0. The van der Waals surface area contributed by atoms with Gasteiger partial charge in [-0.2, -0.15) is 0 Å².